The first-order chi connectivity index (χ1) is 11.8. The van der Waals surface area contributed by atoms with Crippen LogP contribution >= 0.6 is 0 Å². The second-order valence-electron chi connectivity index (χ2n) is 5.15. The molecule has 0 amide bonds. The summed E-state index contributed by atoms with van der Waals surface area (Å²) < 4.78 is 48.3. The second-order valence-corrected chi connectivity index (χ2v) is 5.15. The van der Waals surface area contributed by atoms with E-state index in [2.05, 4.69) is 4.98 Å². The lowest BCUT2D eigenvalue weighted by atomic mass is 9.95. The number of ether oxygens (including phenoxy) is 2. The number of pyridine rings is 1. The minimum atomic E-state index is -4.43. The predicted octanol–water partition coefficient (Wildman–Crippen LogP) is 3.52. The fraction of sp³-hybridized carbons (Fsp3) is 0.294. The van der Waals surface area contributed by atoms with Crippen molar-refractivity contribution in [1.82, 2.24) is 4.98 Å². The minimum absolute atomic E-state index is 0.00499. The first-order valence-corrected chi connectivity index (χ1v) is 7.38. The highest BCUT2D eigenvalue weighted by molar-refractivity contribution is 6.24. The maximum absolute atomic E-state index is 12.5. The number of ketones is 1. The van der Waals surface area contributed by atoms with Gasteiger partial charge in [0.05, 0.1) is 31.8 Å². The van der Waals surface area contributed by atoms with Crippen molar-refractivity contribution in [3.05, 3.63) is 64.9 Å². The zero-order valence-corrected chi connectivity index (χ0v) is 13.5. The number of carbonyl (C=O) groups excluding carboxylic acids is 1. The van der Waals surface area contributed by atoms with Crippen molar-refractivity contribution in [2.75, 3.05) is 7.11 Å². The molecule has 130 valence electrons. The molecule has 0 fully saturated rings. The Morgan fingerprint density at radius 2 is 2.12 bits per heavy atom. The van der Waals surface area contributed by atoms with Gasteiger partial charge in [0.2, 0.25) is 0 Å². The minimum Gasteiger partial charge on any atom is -0.496 e. The highest BCUT2D eigenvalue weighted by atomic mass is 19.4. The van der Waals surface area contributed by atoms with Gasteiger partial charge >= 0.3 is 6.18 Å². The van der Waals surface area contributed by atoms with E-state index in [1.165, 1.54) is 13.2 Å². The average molecular weight is 349 g/mol. The molecule has 0 N–H and O–H groups in total. The number of hydrogen-bond donors (Lipinski definition) is 0. The zero-order valence-electron chi connectivity index (χ0n) is 13.5. The van der Waals surface area contributed by atoms with Crippen LogP contribution in [0, 0.1) is 0 Å². The molecule has 0 saturated carbocycles. The summed E-state index contributed by atoms with van der Waals surface area (Å²) >= 11 is 0. The SMILES string of the molecule is [B]CC(=O)C1=C(OC)C=C(OCc2ccc(C(F)(F)F)cn2)CC=C1. The third-order valence-electron chi connectivity index (χ3n) is 3.42. The van der Waals surface area contributed by atoms with E-state index >= 15 is 0 Å². The Hall–Kier alpha value is -2.51. The van der Waals surface area contributed by atoms with Gasteiger partial charge < -0.3 is 9.47 Å². The van der Waals surface area contributed by atoms with Crippen LogP contribution in [-0.4, -0.2) is 25.7 Å². The van der Waals surface area contributed by atoms with E-state index in [-0.39, 0.29) is 18.7 Å². The molecule has 2 rings (SSSR count). The molecule has 0 aliphatic heterocycles. The summed E-state index contributed by atoms with van der Waals surface area (Å²) in [7, 11) is 6.79. The standard InChI is InChI=1S/C17H15BF3NO3/c1-24-16-7-13(3-2-4-14(16)15(23)8-18)25-10-12-6-5-11(9-22-12)17(19,20)21/h2,4-7,9H,3,8,10H2,1H3. The summed E-state index contributed by atoms with van der Waals surface area (Å²) in [6.45, 7) is -0.00499. The number of carbonyl (C=O) groups is 1. The van der Waals surface area contributed by atoms with Crippen LogP contribution in [0.25, 0.3) is 0 Å². The Kier molecular flexibility index (Phi) is 6.06. The summed E-state index contributed by atoms with van der Waals surface area (Å²) in [4.78, 5) is 15.5. The molecule has 4 nitrogen and oxygen atoms in total. The maximum Gasteiger partial charge on any atom is 0.417 e. The van der Waals surface area contributed by atoms with Crippen LogP contribution in [-0.2, 0) is 27.1 Å². The first-order valence-electron chi connectivity index (χ1n) is 7.38. The summed E-state index contributed by atoms with van der Waals surface area (Å²) in [5.74, 6) is 0.546. The van der Waals surface area contributed by atoms with Crippen molar-refractivity contribution in [1.29, 1.82) is 0 Å². The molecule has 1 aromatic heterocycles. The summed E-state index contributed by atoms with van der Waals surface area (Å²) in [5, 5.41) is 0. The van der Waals surface area contributed by atoms with E-state index in [1.54, 1.807) is 18.2 Å². The first kappa shape index (κ1) is 18.8. The van der Waals surface area contributed by atoms with E-state index in [9.17, 15) is 18.0 Å². The van der Waals surface area contributed by atoms with E-state index in [4.69, 9.17) is 17.3 Å². The summed E-state index contributed by atoms with van der Waals surface area (Å²) in [6, 6.07) is 2.21. The lowest BCUT2D eigenvalue weighted by molar-refractivity contribution is -0.137. The van der Waals surface area contributed by atoms with E-state index in [1.807, 2.05) is 0 Å². The molecular weight excluding hydrogens is 334 g/mol. The number of Topliss-reactive ketones (excluding diaryl/α,β-unsaturated/α-hetero) is 1. The molecule has 0 spiro atoms. The van der Waals surface area contributed by atoms with E-state index in [0.717, 1.165) is 12.3 Å². The third kappa shape index (κ3) is 4.98. The summed E-state index contributed by atoms with van der Waals surface area (Å²) in [5.41, 5.74) is -0.123. The highest BCUT2D eigenvalue weighted by Crippen LogP contribution is 2.28. The van der Waals surface area contributed by atoms with Crippen LogP contribution in [0.5, 0.6) is 0 Å². The van der Waals surface area contributed by atoms with Gasteiger partial charge in [-0.05, 0) is 18.5 Å². The van der Waals surface area contributed by atoms with E-state index < -0.39 is 11.7 Å². The number of allylic oxidation sites excluding steroid dienone is 4. The molecule has 0 saturated heterocycles. The van der Waals surface area contributed by atoms with Gasteiger partial charge in [-0.25, -0.2) is 0 Å². The Morgan fingerprint density at radius 3 is 2.68 bits per heavy atom. The predicted molar refractivity (Wildman–Crippen MR) is 85.5 cm³/mol. The van der Waals surface area contributed by atoms with Crippen LogP contribution in [0.1, 0.15) is 17.7 Å². The van der Waals surface area contributed by atoms with Gasteiger partial charge in [0, 0.05) is 18.7 Å². The van der Waals surface area contributed by atoms with Crippen LogP contribution in [0.3, 0.4) is 0 Å². The van der Waals surface area contributed by atoms with Gasteiger partial charge in [-0.1, -0.05) is 12.2 Å². The molecule has 25 heavy (non-hydrogen) atoms. The lowest BCUT2D eigenvalue weighted by Gasteiger charge is -2.10. The molecular formula is C17H15BF3NO3. The fourth-order valence-electron chi connectivity index (χ4n) is 2.11. The van der Waals surface area contributed by atoms with E-state index in [0.29, 0.717) is 29.2 Å². The molecule has 0 aromatic carbocycles. The Balaban J connectivity index is 2.10. The molecule has 1 heterocycles. The molecule has 0 unspecified atom stereocenters. The smallest absolute Gasteiger partial charge is 0.417 e. The topological polar surface area (TPSA) is 48.4 Å². The molecule has 8 heteroatoms. The molecule has 1 aliphatic carbocycles. The Labute approximate surface area is 144 Å². The number of methoxy groups -OCH3 is 1. The monoisotopic (exact) mass is 349 g/mol. The molecule has 1 aromatic rings. The maximum atomic E-state index is 12.5. The molecule has 2 radical (unpaired) electrons. The number of alkyl halides is 3. The van der Waals surface area contributed by atoms with Crippen molar-refractivity contribution in [2.45, 2.75) is 25.5 Å². The van der Waals surface area contributed by atoms with Crippen LogP contribution in [0.2, 0.25) is 6.32 Å². The largest absolute Gasteiger partial charge is 0.496 e. The normalized spacial score (nSPS) is 14.8. The van der Waals surface area contributed by atoms with Gasteiger partial charge in [0.15, 0.2) is 5.78 Å². The Bertz CT molecular complexity index is 722. The Morgan fingerprint density at radius 1 is 1.36 bits per heavy atom. The lowest BCUT2D eigenvalue weighted by Crippen LogP contribution is -2.06. The van der Waals surface area contributed by atoms with Crippen molar-refractivity contribution >= 4 is 13.6 Å². The fourth-order valence-corrected chi connectivity index (χ4v) is 2.11. The molecule has 0 atom stereocenters. The van der Waals surface area contributed by atoms with Crippen molar-refractivity contribution in [2.24, 2.45) is 0 Å². The van der Waals surface area contributed by atoms with Crippen molar-refractivity contribution in [3.8, 4) is 0 Å². The number of hydrogen-bond acceptors (Lipinski definition) is 4. The number of nitrogens with zero attached hydrogens (tertiary/aromatic N) is 1. The third-order valence-corrected chi connectivity index (χ3v) is 3.42. The molecule has 0 bridgehead atoms. The highest BCUT2D eigenvalue weighted by Gasteiger charge is 2.30. The zero-order chi connectivity index (χ0) is 18.4. The van der Waals surface area contributed by atoms with Gasteiger partial charge in [0.1, 0.15) is 18.1 Å². The number of halogens is 3. The van der Waals surface area contributed by atoms with Crippen LogP contribution in [0.15, 0.2) is 53.6 Å². The van der Waals surface area contributed by atoms with Crippen LogP contribution in [0.4, 0.5) is 13.2 Å². The van der Waals surface area contributed by atoms with Gasteiger partial charge in [-0.2, -0.15) is 13.2 Å². The molecule has 1 aliphatic rings. The quantitative estimate of drug-likeness (QED) is 0.738. The van der Waals surface area contributed by atoms with Gasteiger partial charge in [-0.3, -0.25) is 9.78 Å². The number of rotatable bonds is 6. The van der Waals surface area contributed by atoms with Gasteiger partial charge in [-0.15, -0.1) is 0 Å². The average Bonchev–Trinajstić information content (AvgIpc) is 2.81. The van der Waals surface area contributed by atoms with Crippen LogP contribution < -0.4 is 0 Å². The number of aromatic nitrogens is 1. The summed E-state index contributed by atoms with van der Waals surface area (Å²) in [6.07, 6.45) is 1.48. The van der Waals surface area contributed by atoms with Crippen molar-refractivity contribution in [3.63, 3.8) is 0 Å². The van der Waals surface area contributed by atoms with Crippen molar-refractivity contribution < 1.29 is 27.4 Å². The van der Waals surface area contributed by atoms with Gasteiger partial charge in [0.25, 0.3) is 0 Å². The second kappa shape index (κ2) is 8.05.